The first-order chi connectivity index (χ1) is 13.2. The van der Waals surface area contributed by atoms with Crippen LogP contribution in [0.15, 0.2) is 24.3 Å². The van der Waals surface area contributed by atoms with E-state index in [2.05, 4.69) is 0 Å². The molecule has 2 atom stereocenters. The van der Waals surface area contributed by atoms with E-state index in [4.69, 9.17) is 4.74 Å². The van der Waals surface area contributed by atoms with Gasteiger partial charge in [0.25, 0.3) is 5.91 Å². The van der Waals surface area contributed by atoms with Gasteiger partial charge in [-0.2, -0.15) is 0 Å². The lowest BCUT2D eigenvalue weighted by Gasteiger charge is -2.44. The second-order valence-corrected chi connectivity index (χ2v) is 10.3. The number of thioether (sulfide) groups is 2. The normalized spacial score (nSPS) is 25.9. The average Bonchev–Trinajstić information content (AvgIpc) is 3.26. The zero-order valence-electron chi connectivity index (χ0n) is 15.6. The van der Waals surface area contributed by atoms with Crippen LogP contribution in [-0.2, 0) is 9.53 Å². The number of ether oxygens (including phenoxy) is 1. The lowest BCUT2D eigenvalue weighted by Crippen LogP contribution is -2.50. The molecule has 0 unspecified atom stereocenters. The molecule has 2 heterocycles. The van der Waals surface area contributed by atoms with Crippen LogP contribution in [0.2, 0.25) is 0 Å². The summed E-state index contributed by atoms with van der Waals surface area (Å²) >= 11 is 3.89. The summed E-state index contributed by atoms with van der Waals surface area (Å²) in [5, 5.41) is 0. The van der Waals surface area contributed by atoms with E-state index in [1.165, 1.54) is 42.8 Å². The van der Waals surface area contributed by atoms with Gasteiger partial charge in [-0.1, -0.05) is 25.0 Å². The zero-order chi connectivity index (χ0) is 18.6. The molecule has 1 aromatic carbocycles. The van der Waals surface area contributed by atoms with Crippen molar-refractivity contribution < 1.29 is 14.3 Å². The van der Waals surface area contributed by atoms with Crippen LogP contribution in [0.5, 0.6) is 0 Å². The Labute approximate surface area is 169 Å². The van der Waals surface area contributed by atoms with Gasteiger partial charge in [-0.25, -0.2) is 4.79 Å². The molecule has 4 nitrogen and oxygen atoms in total. The molecule has 1 saturated carbocycles. The molecule has 1 amide bonds. The standard InChI is InChI=1S/C21H27NO3S2/c23-19(22-11-3-5-15-4-1-2-6-18(15)22)14-25-20(24)16-7-9-17(10-8-16)21-26-12-13-27-21/h7-10,15,18,21H,1-6,11-14H2/t15-,18-/m0/s1. The summed E-state index contributed by atoms with van der Waals surface area (Å²) in [6.45, 7) is 0.668. The first kappa shape index (κ1) is 19.2. The van der Waals surface area contributed by atoms with E-state index in [-0.39, 0.29) is 12.5 Å². The Morgan fingerprint density at radius 1 is 1.00 bits per heavy atom. The Bertz CT molecular complexity index is 671. The number of hydrogen-bond donors (Lipinski definition) is 0. The molecule has 1 aliphatic carbocycles. The first-order valence-electron chi connectivity index (χ1n) is 10.0. The summed E-state index contributed by atoms with van der Waals surface area (Å²) in [4.78, 5) is 27.0. The highest BCUT2D eigenvalue weighted by atomic mass is 32.2. The molecule has 0 N–H and O–H groups in total. The maximum Gasteiger partial charge on any atom is 0.338 e. The third-order valence-corrected chi connectivity index (χ3v) is 9.04. The molecular weight excluding hydrogens is 378 g/mol. The SMILES string of the molecule is O=C(OCC(=O)N1CCC[C@@H]2CCCC[C@@H]21)c1ccc(C2SCCS2)cc1. The molecule has 0 spiro atoms. The molecule has 2 saturated heterocycles. The van der Waals surface area contributed by atoms with E-state index in [0.717, 1.165) is 19.4 Å². The van der Waals surface area contributed by atoms with Gasteiger partial charge in [0.05, 0.1) is 10.1 Å². The number of carbonyl (C=O) groups excluding carboxylic acids is 2. The van der Waals surface area contributed by atoms with Gasteiger partial charge in [0.1, 0.15) is 0 Å². The molecule has 3 fully saturated rings. The third-order valence-electron chi connectivity index (χ3n) is 5.93. The monoisotopic (exact) mass is 405 g/mol. The van der Waals surface area contributed by atoms with Gasteiger partial charge < -0.3 is 9.64 Å². The van der Waals surface area contributed by atoms with Gasteiger partial charge >= 0.3 is 5.97 Å². The van der Waals surface area contributed by atoms with Crippen LogP contribution in [0, 0.1) is 5.92 Å². The second kappa shape index (κ2) is 8.91. The van der Waals surface area contributed by atoms with E-state index >= 15 is 0 Å². The van der Waals surface area contributed by atoms with Crippen LogP contribution in [0.4, 0.5) is 0 Å². The van der Waals surface area contributed by atoms with Gasteiger partial charge in [0.2, 0.25) is 0 Å². The molecular formula is C21H27NO3S2. The minimum absolute atomic E-state index is 0.0321. The van der Waals surface area contributed by atoms with E-state index in [1.807, 2.05) is 52.7 Å². The highest BCUT2D eigenvalue weighted by molar-refractivity contribution is 8.19. The van der Waals surface area contributed by atoms with Gasteiger partial charge in [0, 0.05) is 24.1 Å². The summed E-state index contributed by atoms with van der Waals surface area (Å²) in [6.07, 6.45) is 7.12. The van der Waals surface area contributed by atoms with Gasteiger partial charge in [-0.15, -0.1) is 23.5 Å². The number of likely N-dealkylation sites (tertiary alicyclic amines) is 1. The third kappa shape index (κ3) is 4.48. The number of carbonyl (C=O) groups is 2. The molecule has 27 heavy (non-hydrogen) atoms. The minimum atomic E-state index is -0.404. The van der Waals surface area contributed by atoms with Gasteiger partial charge in [-0.3, -0.25) is 4.79 Å². The predicted molar refractivity (Wildman–Crippen MR) is 111 cm³/mol. The number of rotatable bonds is 4. The average molecular weight is 406 g/mol. The van der Waals surface area contributed by atoms with Crippen molar-refractivity contribution >= 4 is 35.4 Å². The number of nitrogens with zero attached hydrogens (tertiary/aromatic N) is 1. The smallest absolute Gasteiger partial charge is 0.338 e. The Morgan fingerprint density at radius 2 is 1.70 bits per heavy atom. The number of hydrogen-bond acceptors (Lipinski definition) is 5. The maximum absolute atomic E-state index is 12.7. The Kier molecular flexibility index (Phi) is 6.33. The fraction of sp³-hybridized carbons (Fsp3) is 0.619. The van der Waals surface area contributed by atoms with Crippen molar-refractivity contribution in [2.75, 3.05) is 24.7 Å². The second-order valence-electron chi connectivity index (χ2n) is 7.61. The number of fused-ring (bicyclic) bond motifs is 1. The van der Waals surface area contributed by atoms with Crippen molar-refractivity contribution in [3.8, 4) is 0 Å². The van der Waals surface area contributed by atoms with Crippen molar-refractivity contribution in [2.45, 2.75) is 49.1 Å². The molecule has 4 rings (SSSR count). The van der Waals surface area contributed by atoms with Crippen molar-refractivity contribution in [3.63, 3.8) is 0 Å². The van der Waals surface area contributed by atoms with Gasteiger partial charge in [-0.05, 0) is 49.3 Å². The molecule has 1 aromatic rings. The van der Waals surface area contributed by atoms with Crippen molar-refractivity contribution in [3.05, 3.63) is 35.4 Å². The fourth-order valence-corrected chi connectivity index (χ4v) is 7.41. The molecule has 3 aliphatic rings. The molecule has 0 bridgehead atoms. The summed E-state index contributed by atoms with van der Waals surface area (Å²) in [6, 6.07) is 8.01. The van der Waals surface area contributed by atoms with Crippen molar-refractivity contribution in [1.29, 1.82) is 0 Å². The number of amides is 1. The highest BCUT2D eigenvalue weighted by Gasteiger charge is 2.35. The fourth-order valence-electron chi connectivity index (χ4n) is 4.56. The van der Waals surface area contributed by atoms with E-state index < -0.39 is 5.97 Å². The lowest BCUT2D eigenvalue weighted by atomic mass is 9.78. The Balaban J connectivity index is 1.31. The molecule has 0 radical (unpaired) electrons. The first-order valence-corrected chi connectivity index (χ1v) is 12.1. The summed E-state index contributed by atoms with van der Waals surface area (Å²) in [5.74, 6) is 2.57. The Hall–Kier alpha value is -1.14. The topological polar surface area (TPSA) is 46.6 Å². The van der Waals surface area contributed by atoms with E-state index in [0.29, 0.717) is 22.1 Å². The summed E-state index contributed by atoms with van der Waals surface area (Å²) in [5.41, 5.74) is 1.76. The van der Waals surface area contributed by atoms with Crippen LogP contribution in [0.25, 0.3) is 0 Å². The van der Waals surface area contributed by atoms with Crippen LogP contribution in [-0.4, -0.2) is 47.5 Å². The summed E-state index contributed by atoms with van der Waals surface area (Å²) in [7, 11) is 0. The highest BCUT2D eigenvalue weighted by Crippen LogP contribution is 2.45. The minimum Gasteiger partial charge on any atom is -0.452 e. The van der Waals surface area contributed by atoms with Gasteiger partial charge in [0.15, 0.2) is 6.61 Å². The van der Waals surface area contributed by atoms with E-state index in [1.54, 1.807) is 0 Å². The van der Waals surface area contributed by atoms with E-state index in [9.17, 15) is 9.59 Å². The molecule has 0 aromatic heterocycles. The van der Waals surface area contributed by atoms with Crippen molar-refractivity contribution in [2.24, 2.45) is 5.92 Å². The van der Waals surface area contributed by atoms with Crippen LogP contribution >= 0.6 is 23.5 Å². The van der Waals surface area contributed by atoms with Crippen molar-refractivity contribution in [1.82, 2.24) is 4.90 Å². The molecule has 2 aliphatic heterocycles. The largest absolute Gasteiger partial charge is 0.452 e. The maximum atomic E-state index is 12.7. The Morgan fingerprint density at radius 3 is 2.48 bits per heavy atom. The quantitative estimate of drug-likeness (QED) is 0.690. The number of esters is 1. The molecule has 6 heteroatoms. The molecule has 146 valence electrons. The number of benzene rings is 1. The zero-order valence-corrected chi connectivity index (χ0v) is 17.2. The van der Waals surface area contributed by atoms with Crippen LogP contribution in [0.1, 0.15) is 59.0 Å². The lowest BCUT2D eigenvalue weighted by molar-refractivity contribution is -0.140. The predicted octanol–water partition coefficient (Wildman–Crippen LogP) is 4.50. The van der Waals surface area contributed by atoms with Crippen LogP contribution in [0.3, 0.4) is 0 Å². The summed E-state index contributed by atoms with van der Waals surface area (Å²) < 4.78 is 5.82. The van der Waals surface area contributed by atoms with Crippen LogP contribution < -0.4 is 0 Å². The number of piperidine rings is 1.